The number of rotatable bonds is 3. The molecular weight excluding hydrogens is 274 g/mol. The molecule has 106 valence electrons. The van der Waals surface area contributed by atoms with Gasteiger partial charge in [-0.1, -0.05) is 13.0 Å². The first kappa shape index (κ1) is 13.3. The Morgan fingerprint density at radius 3 is 3.15 bits per heavy atom. The van der Waals surface area contributed by atoms with Crippen LogP contribution in [0.5, 0.6) is 0 Å². The molecule has 0 saturated carbocycles. The van der Waals surface area contributed by atoms with Crippen LogP contribution in [0.4, 0.5) is 5.82 Å². The SMILES string of the molecule is CCC1CN(c2nc3ccccn3c2C(=O)O)CCS1. The van der Waals surface area contributed by atoms with Crippen LogP contribution in [0.15, 0.2) is 24.4 Å². The summed E-state index contributed by atoms with van der Waals surface area (Å²) in [6, 6.07) is 5.54. The van der Waals surface area contributed by atoms with E-state index in [4.69, 9.17) is 0 Å². The van der Waals surface area contributed by atoms with Gasteiger partial charge in [-0.15, -0.1) is 0 Å². The van der Waals surface area contributed by atoms with E-state index >= 15 is 0 Å². The van der Waals surface area contributed by atoms with Crippen LogP contribution in [0.1, 0.15) is 23.8 Å². The lowest BCUT2D eigenvalue weighted by atomic mass is 10.3. The number of hydrogen-bond donors (Lipinski definition) is 1. The summed E-state index contributed by atoms with van der Waals surface area (Å²) in [5.74, 6) is 0.693. The number of thioether (sulfide) groups is 1. The number of fused-ring (bicyclic) bond motifs is 1. The Bertz CT molecular complexity index is 640. The maximum Gasteiger partial charge on any atom is 0.356 e. The summed E-state index contributed by atoms with van der Waals surface area (Å²) in [4.78, 5) is 18.2. The highest BCUT2D eigenvalue weighted by atomic mass is 32.2. The molecule has 2 aromatic heterocycles. The number of hydrogen-bond acceptors (Lipinski definition) is 4. The van der Waals surface area contributed by atoms with Gasteiger partial charge < -0.3 is 10.0 Å². The van der Waals surface area contributed by atoms with Gasteiger partial charge in [-0.05, 0) is 18.6 Å². The van der Waals surface area contributed by atoms with Crippen molar-refractivity contribution in [1.29, 1.82) is 0 Å². The second-order valence-corrected chi connectivity index (χ2v) is 6.27. The molecule has 0 aromatic carbocycles. The van der Waals surface area contributed by atoms with Gasteiger partial charge in [-0.2, -0.15) is 11.8 Å². The number of aromatic nitrogens is 2. The van der Waals surface area contributed by atoms with Crippen molar-refractivity contribution in [2.75, 3.05) is 23.7 Å². The molecule has 3 heterocycles. The second-order valence-electron chi connectivity index (χ2n) is 4.87. The lowest BCUT2D eigenvalue weighted by molar-refractivity contribution is 0.0690. The van der Waals surface area contributed by atoms with Crippen LogP contribution >= 0.6 is 11.8 Å². The number of carboxylic acids is 1. The largest absolute Gasteiger partial charge is 0.476 e. The second kappa shape index (κ2) is 5.36. The van der Waals surface area contributed by atoms with Crippen molar-refractivity contribution in [2.45, 2.75) is 18.6 Å². The Labute approximate surface area is 121 Å². The van der Waals surface area contributed by atoms with Crippen molar-refractivity contribution in [2.24, 2.45) is 0 Å². The van der Waals surface area contributed by atoms with Crippen LogP contribution in [0.3, 0.4) is 0 Å². The third-order valence-electron chi connectivity index (χ3n) is 3.61. The third-order valence-corrected chi connectivity index (χ3v) is 4.98. The number of carboxylic acid groups (broad SMARTS) is 1. The van der Waals surface area contributed by atoms with Crippen LogP contribution in [-0.2, 0) is 0 Å². The summed E-state index contributed by atoms with van der Waals surface area (Å²) < 4.78 is 1.65. The summed E-state index contributed by atoms with van der Waals surface area (Å²) >= 11 is 1.96. The minimum atomic E-state index is -0.926. The molecule has 1 N–H and O–H groups in total. The summed E-state index contributed by atoms with van der Waals surface area (Å²) in [5, 5.41) is 10.1. The molecule has 5 nitrogen and oxygen atoms in total. The van der Waals surface area contributed by atoms with E-state index < -0.39 is 5.97 Å². The minimum Gasteiger partial charge on any atom is -0.476 e. The lowest BCUT2D eigenvalue weighted by Gasteiger charge is -2.32. The van der Waals surface area contributed by atoms with Gasteiger partial charge in [0.15, 0.2) is 11.5 Å². The van der Waals surface area contributed by atoms with Crippen LogP contribution in [0.2, 0.25) is 0 Å². The Kier molecular flexibility index (Phi) is 3.56. The van der Waals surface area contributed by atoms with E-state index in [0.29, 0.717) is 16.7 Å². The number of aromatic carboxylic acids is 1. The van der Waals surface area contributed by atoms with Gasteiger partial charge in [0.1, 0.15) is 5.65 Å². The Morgan fingerprint density at radius 2 is 2.40 bits per heavy atom. The molecule has 2 aromatic rings. The van der Waals surface area contributed by atoms with Crippen LogP contribution in [-0.4, -0.2) is 44.6 Å². The number of anilines is 1. The molecule has 0 radical (unpaired) electrons. The van der Waals surface area contributed by atoms with Gasteiger partial charge in [0.2, 0.25) is 0 Å². The van der Waals surface area contributed by atoms with Crippen molar-refractivity contribution in [3.05, 3.63) is 30.1 Å². The average Bonchev–Trinajstić information content (AvgIpc) is 2.87. The van der Waals surface area contributed by atoms with E-state index in [1.54, 1.807) is 10.6 Å². The van der Waals surface area contributed by atoms with Crippen molar-refractivity contribution in [3.63, 3.8) is 0 Å². The topological polar surface area (TPSA) is 57.8 Å². The van der Waals surface area contributed by atoms with Crippen LogP contribution in [0, 0.1) is 0 Å². The fourth-order valence-electron chi connectivity index (χ4n) is 2.56. The first-order valence-corrected chi connectivity index (χ1v) is 7.82. The summed E-state index contributed by atoms with van der Waals surface area (Å²) in [5.41, 5.74) is 0.952. The van der Waals surface area contributed by atoms with Crippen molar-refractivity contribution in [3.8, 4) is 0 Å². The number of nitrogens with zero attached hydrogens (tertiary/aromatic N) is 3. The van der Waals surface area contributed by atoms with E-state index in [2.05, 4.69) is 16.8 Å². The number of pyridine rings is 1. The first-order chi connectivity index (χ1) is 9.70. The highest BCUT2D eigenvalue weighted by Crippen LogP contribution is 2.28. The zero-order valence-corrected chi connectivity index (χ0v) is 12.1. The van der Waals surface area contributed by atoms with Gasteiger partial charge in [0.05, 0.1) is 0 Å². The molecule has 20 heavy (non-hydrogen) atoms. The van der Waals surface area contributed by atoms with Crippen molar-refractivity contribution in [1.82, 2.24) is 9.38 Å². The Morgan fingerprint density at radius 1 is 1.55 bits per heavy atom. The molecule has 1 aliphatic rings. The standard InChI is InChI=1S/C14H17N3O2S/c1-2-10-9-16(7-8-20-10)13-12(14(18)19)17-6-4-3-5-11(17)15-13/h3-6,10H,2,7-9H2,1H3,(H,18,19). The highest BCUT2D eigenvalue weighted by Gasteiger charge is 2.27. The molecule has 0 spiro atoms. The normalized spacial score (nSPS) is 19.4. The van der Waals surface area contributed by atoms with E-state index in [1.807, 2.05) is 30.0 Å². The molecule has 1 unspecified atom stereocenters. The molecule has 1 fully saturated rings. The number of imidazole rings is 1. The maximum atomic E-state index is 11.6. The van der Waals surface area contributed by atoms with Gasteiger partial charge in [0.25, 0.3) is 0 Å². The molecule has 0 aliphatic carbocycles. The molecule has 1 aliphatic heterocycles. The van der Waals surface area contributed by atoms with Gasteiger partial charge >= 0.3 is 5.97 Å². The maximum absolute atomic E-state index is 11.6. The molecule has 1 atom stereocenters. The molecule has 6 heteroatoms. The van der Waals surface area contributed by atoms with E-state index in [0.717, 1.165) is 25.3 Å². The van der Waals surface area contributed by atoms with E-state index in [9.17, 15) is 9.90 Å². The smallest absolute Gasteiger partial charge is 0.356 e. The Hall–Kier alpha value is -1.69. The summed E-state index contributed by atoms with van der Waals surface area (Å²) in [6.45, 7) is 3.89. The summed E-state index contributed by atoms with van der Waals surface area (Å²) in [7, 11) is 0. The van der Waals surface area contributed by atoms with E-state index in [1.165, 1.54) is 0 Å². The lowest BCUT2D eigenvalue weighted by Crippen LogP contribution is -2.38. The van der Waals surface area contributed by atoms with E-state index in [-0.39, 0.29) is 5.69 Å². The average molecular weight is 291 g/mol. The quantitative estimate of drug-likeness (QED) is 0.941. The number of carbonyl (C=O) groups is 1. The molecule has 3 rings (SSSR count). The van der Waals surface area contributed by atoms with Crippen LogP contribution in [0.25, 0.3) is 5.65 Å². The first-order valence-electron chi connectivity index (χ1n) is 6.77. The zero-order valence-electron chi connectivity index (χ0n) is 11.3. The van der Waals surface area contributed by atoms with Gasteiger partial charge in [-0.3, -0.25) is 4.40 Å². The van der Waals surface area contributed by atoms with Crippen molar-refractivity contribution < 1.29 is 9.90 Å². The Balaban J connectivity index is 2.06. The third kappa shape index (κ3) is 2.24. The highest BCUT2D eigenvalue weighted by molar-refractivity contribution is 8.00. The fourth-order valence-corrected chi connectivity index (χ4v) is 3.74. The van der Waals surface area contributed by atoms with Crippen molar-refractivity contribution >= 4 is 29.2 Å². The predicted octanol–water partition coefficient (Wildman–Crippen LogP) is 2.36. The van der Waals surface area contributed by atoms with Crippen LogP contribution < -0.4 is 4.90 Å². The minimum absolute atomic E-state index is 0.266. The van der Waals surface area contributed by atoms with Gasteiger partial charge in [0, 0.05) is 30.3 Å². The molecule has 0 amide bonds. The van der Waals surface area contributed by atoms with Gasteiger partial charge in [-0.25, -0.2) is 9.78 Å². The monoisotopic (exact) mass is 291 g/mol. The molecular formula is C14H17N3O2S. The predicted molar refractivity (Wildman–Crippen MR) is 80.9 cm³/mol. The molecule has 0 bridgehead atoms. The molecule has 1 saturated heterocycles. The fraction of sp³-hybridized carbons (Fsp3) is 0.429. The zero-order chi connectivity index (χ0) is 14.1. The summed E-state index contributed by atoms with van der Waals surface area (Å²) in [6.07, 6.45) is 2.85.